The van der Waals surface area contributed by atoms with E-state index in [4.69, 9.17) is 0 Å². The van der Waals surface area contributed by atoms with Gasteiger partial charge in [0.25, 0.3) is 0 Å². The van der Waals surface area contributed by atoms with Crippen LogP contribution in [0.1, 0.15) is 20.3 Å². The summed E-state index contributed by atoms with van der Waals surface area (Å²) in [5.41, 5.74) is 1.66. The Kier molecular flexibility index (Phi) is 5.36. The van der Waals surface area contributed by atoms with E-state index in [1.165, 1.54) is 12.1 Å². The van der Waals surface area contributed by atoms with Crippen molar-refractivity contribution in [2.75, 3.05) is 10.6 Å². The predicted molar refractivity (Wildman–Crippen MR) is 98.3 cm³/mol. The Hall–Kier alpha value is -3.09. The summed E-state index contributed by atoms with van der Waals surface area (Å²) in [6.45, 7) is 4.08. The Balaban J connectivity index is 1.98. The third kappa shape index (κ3) is 4.30. The van der Waals surface area contributed by atoms with Crippen LogP contribution in [-0.2, 0) is 0 Å². The normalized spacial score (nSPS) is 11.8. The smallest absolute Gasteiger partial charge is 0.225 e. The molecular formula is C19H19F2N5. The number of nitrogens with zero attached hydrogens (tertiary/aromatic N) is 3. The fourth-order valence-electron chi connectivity index (χ4n) is 2.30. The van der Waals surface area contributed by atoms with E-state index in [-0.39, 0.29) is 11.7 Å². The second-order valence-corrected chi connectivity index (χ2v) is 5.90. The number of rotatable bonds is 6. The van der Waals surface area contributed by atoms with Crippen LogP contribution in [0.4, 0.5) is 26.2 Å². The van der Waals surface area contributed by atoms with Gasteiger partial charge in [-0.1, -0.05) is 6.92 Å². The van der Waals surface area contributed by atoms with Gasteiger partial charge in [0.1, 0.15) is 17.5 Å². The van der Waals surface area contributed by atoms with Crippen LogP contribution in [0.3, 0.4) is 0 Å². The average Bonchev–Trinajstić information content (AvgIpc) is 2.64. The van der Waals surface area contributed by atoms with Gasteiger partial charge in [0, 0.05) is 36.1 Å². The minimum absolute atomic E-state index is 0.139. The molecule has 1 aromatic carbocycles. The van der Waals surface area contributed by atoms with E-state index in [1.54, 1.807) is 18.5 Å². The number of benzene rings is 1. The first-order chi connectivity index (χ1) is 12.5. The molecule has 0 saturated carbocycles. The van der Waals surface area contributed by atoms with Crippen LogP contribution >= 0.6 is 0 Å². The highest BCUT2D eigenvalue weighted by Crippen LogP contribution is 2.25. The molecule has 2 N–H and O–H groups in total. The van der Waals surface area contributed by atoms with Crippen molar-refractivity contribution in [3.8, 4) is 11.3 Å². The summed E-state index contributed by atoms with van der Waals surface area (Å²) in [4.78, 5) is 12.9. The number of aromatic nitrogens is 3. The average molecular weight is 355 g/mol. The zero-order valence-corrected chi connectivity index (χ0v) is 14.5. The van der Waals surface area contributed by atoms with Crippen LogP contribution in [0, 0.1) is 11.6 Å². The first-order valence-corrected chi connectivity index (χ1v) is 8.33. The summed E-state index contributed by atoms with van der Waals surface area (Å²) in [6.07, 6.45) is 4.25. The monoisotopic (exact) mass is 355 g/mol. The SMILES string of the molecule is CC[C@H](C)Nc1nc(Nc2ccc(F)cc2F)cc(-c2ccncc2)n1. The lowest BCUT2D eigenvalue weighted by Crippen LogP contribution is -2.16. The molecular weight excluding hydrogens is 336 g/mol. The minimum atomic E-state index is -0.689. The van der Waals surface area contributed by atoms with Crippen LogP contribution in [0.25, 0.3) is 11.3 Å². The molecule has 0 aliphatic carbocycles. The number of nitrogens with one attached hydrogen (secondary N) is 2. The van der Waals surface area contributed by atoms with Gasteiger partial charge in [-0.25, -0.2) is 13.8 Å². The zero-order valence-electron chi connectivity index (χ0n) is 14.5. The number of pyridine rings is 1. The van der Waals surface area contributed by atoms with E-state index in [9.17, 15) is 8.78 Å². The molecule has 2 heterocycles. The zero-order chi connectivity index (χ0) is 18.5. The van der Waals surface area contributed by atoms with Crippen LogP contribution in [0.15, 0.2) is 48.8 Å². The van der Waals surface area contributed by atoms with Crippen molar-refractivity contribution < 1.29 is 8.78 Å². The molecule has 134 valence electrons. The van der Waals surface area contributed by atoms with Gasteiger partial charge in [0.2, 0.25) is 5.95 Å². The largest absolute Gasteiger partial charge is 0.352 e. The van der Waals surface area contributed by atoms with Gasteiger partial charge in [0.05, 0.1) is 11.4 Å². The standard InChI is InChI=1S/C19H19F2N5/c1-3-12(2)23-19-25-17(13-6-8-22-9-7-13)11-18(26-19)24-16-5-4-14(20)10-15(16)21/h4-12H,3H2,1-2H3,(H2,23,24,25,26)/t12-/m0/s1. The number of halogens is 2. The molecule has 0 amide bonds. The number of hydrogen-bond donors (Lipinski definition) is 2. The highest BCUT2D eigenvalue weighted by Gasteiger charge is 2.11. The fraction of sp³-hybridized carbons (Fsp3) is 0.211. The molecule has 5 nitrogen and oxygen atoms in total. The predicted octanol–water partition coefficient (Wildman–Crippen LogP) is 4.77. The molecule has 1 atom stereocenters. The van der Waals surface area contributed by atoms with E-state index < -0.39 is 11.6 Å². The lowest BCUT2D eigenvalue weighted by Gasteiger charge is -2.15. The molecule has 0 radical (unpaired) electrons. The van der Waals surface area contributed by atoms with Gasteiger partial charge >= 0.3 is 0 Å². The molecule has 0 bridgehead atoms. The highest BCUT2D eigenvalue weighted by molar-refractivity contribution is 5.67. The first-order valence-electron chi connectivity index (χ1n) is 8.33. The second kappa shape index (κ2) is 7.86. The molecule has 2 aromatic heterocycles. The Bertz CT molecular complexity index is 886. The van der Waals surface area contributed by atoms with E-state index in [0.29, 0.717) is 17.5 Å². The Labute approximate surface area is 150 Å². The van der Waals surface area contributed by atoms with Crippen LogP contribution < -0.4 is 10.6 Å². The molecule has 0 aliphatic heterocycles. The van der Waals surface area contributed by atoms with Gasteiger partial charge in [-0.2, -0.15) is 4.98 Å². The Morgan fingerprint density at radius 3 is 2.50 bits per heavy atom. The summed E-state index contributed by atoms with van der Waals surface area (Å²) in [5, 5.41) is 6.11. The third-order valence-corrected chi connectivity index (χ3v) is 3.88. The lowest BCUT2D eigenvalue weighted by atomic mass is 10.2. The van der Waals surface area contributed by atoms with Crippen LogP contribution in [0.5, 0.6) is 0 Å². The minimum Gasteiger partial charge on any atom is -0.352 e. The van der Waals surface area contributed by atoms with Crippen molar-refractivity contribution >= 4 is 17.5 Å². The summed E-state index contributed by atoms with van der Waals surface area (Å²) < 4.78 is 27.1. The third-order valence-electron chi connectivity index (χ3n) is 3.88. The van der Waals surface area contributed by atoms with E-state index >= 15 is 0 Å². The molecule has 0 fully saturated rings. The number of anilines is 3. The summed E-state index contributed by atoms with van der Waals surface area (Å²) in [7, 11) is 0. The van der Waals surface area contributed by atoms with Gasteiger partial charge in [-0.05, 0) is 37.6 Å². The van der Waals surface area contributed by atoms with E-state index in [0.717, 1.165) is 18.1 Å². The summed E-state index contributed by atoms with van der Waals surface area (Å²) in [6, 6.07) is 8.90. The first kappa shape index (κ1) is 17.7. The van der Waals surface area contributed by atoms with Crippen molar-refractivity contribution in [1.29, 1.82) is 0 Å². The van der Waals surface area contributed by atoms with Crippen LogP contribution in [0.2, 0.25) is 0 Å². The summed E-state index contributed by atoms with van der Waals surface area (Å²) >= 11 is 0. The van der Waals surface area contributed by atoms with Crippen molar-refractivity contribution in [1.82, 2.24) is 15.0 Å². The fourth-order valence-corrected chi connectivity index (χ4v) is 2.30. The molecule has 0 spiro atoms. The van der Waals surface area contributed by atoms with E-state index in [2.05, 4.69) is 32.5 Å². The Morgan fingerprint density at radius 2 is 1.81 bits per heavy atom. The molecule has 26 heavy (non-hydrogen) atoms. The Morgan fingerprint density at radius 1 is 1.04 bits per heavy atom. The molecule has 0 saturated heterocycles. The van der Waals surface area contributed by atoms with Crippen LogP contribution in [-0.4, -0.2) is 21.0 Å². The van der Waals surface area contributed by atoms with Gasteiger partial charge < -0.3 is 10.6 Å². The summed E-state index contributed by atoms with van der Waals surface area (Å²) in [5.74, 6) is -0.486. The lowest BCUT2D eigenvalue weighted by molar-refractivity contribution is 0.586. The van der Waals surface area contributed by atoms with Crippen molar-refractivity contribution in [3.05, 3.63) is 60.4 Å². The second-order valence-electron chi connectivity index (χ2n) is 5.90. The van der Waals surface area contributed by atoms with E-state index in [1.807, 2.05) is 19.1 Å². The highest BCUT2D eigenvalue weighted by atomic mass is 19.1. The van der Waals surface area contributed by atoms with Gasteiger partial charge in [-0.3, -0.25) is 4.98 Å². The maximum Gasteiger partial charge on any atom is 0.225 e. The molecule has 0 unspecified atom stereocenters. The quantitative estimate of drug-likeness (QED) is 0.667. The molecule has 0 aliphatic rings. The van der Waals surface area contributed by atoms with Gasteiger partial charge in [-0.15, -0.1) is 0 Å². The topological polar surface area (TPSA) is 62.7 Å². The maximum atomic E-state index is 14.0. The molecule has 3 rings (SSSR count). The van der Waals surface area contributed by atoms with Crippen molar-refractivity contribution in [2.45, 2.75) is 26.3 Å². The number of hydrogen-bond acceptors (Lipinski definition) is 5. The molecule has 7 heteroatoms. The maximum absolute atomic E-state index is 14.0. The van der Waals surface area contributed by atoms with Crippen molar-refractivity contribution in [2.24, 2.45) is 0 Å². The molecule has 3 aromatic rings. The van der Waals surface area contributed by atoms with Gasteiger partial charge in [0.15, 0.2) is 0 Å². The van der Waals surface area contributed by atoms with Crippen molar-refractivity contribution in [3.63, 3.8) is 0 Å².